The monoisotopic (exact) mass is 307 g/mol. The number of amides is 1. The van der Waals surface area contributed by atoms with Gasteiger partial charge in [0.05, 0.1) is 5.69 Å². The Hall–Kier alpha value is -1.36. The van der Waals surface area contributed by atoms with Gasteiger partial charge in [0.2, 0.25) is 5.76 Å². The minimum absolute atomic E-state index is 0.0734. The Labute approximate surface area is 133 Å². The molecule has 5 heteroatoms. The predicted molar refractivity (Wildman–Crippen MR) is 86.8 cm³/mol. The van der Waals surface area contributed by atoms with Crippen LogP contribution in [-0.4, -0.2) is 54.1 Å². The molecule has 2 rings (SSSR count). The fourth-order valence-electron chi connectivity index (χ4n) is 3.13. The third-order valence-corrected chi connectivity index (χ3v) is 4.09. The molecular weight excluding hydrogens is 278 g/mol. The average Bonchev–Trinajstić information content (AvgIpc) is 3.08. The van der Waals surface area contributed by atoms with Crippen molar-refractivity contribution in [3.63, 3.8) is 0 Å². The van der Waals surface area contributed by atoms with Crippen molar-refractivity contribution in [3.05, 3.63) is 17.5 Å². The van der Waals surface area contributed by atoms with Gasteiger partial charge in [0.25, 0.3) is 5.91 Å². The zero-order valence-corrected chi connectivity index (χ0v) is 14.3. The second kappa shape index (κ2) is 7.77. The number of carbonyl (C=O) groups excluding carboxylic acids is 1. The SMILES string of the molecule is CC(C)Cc1cc(C(=O)N(C)C[C@H](C)CN2CCCC2)on1. The summed E-state index contributed by atoms with van der Waals surface area (Å²) in [4.78, 5) is 16.6. The van der Waals surface area contributed by atoms with Crippen LogP contribution in [0.15, 0.2) is 10.6 Å². The summed E-state index contributed by atoms with van der Waals surface area (Å²) in [6.07, 6.45) is 3.45. The van der Waals surface area contributed by atoms with Crippen molar-refractivity contribution >= 4 is 5.91 Å². The second-order valence-corrected chi connectivity index (χ2v) is 7.08. The Kier molecular flexibility index (Phi) is 6.00. The van der Waals surface area contributed by atoms with Gasteiger partial charge in [-0.1, -0.05) is 25.9 Å². The number of nitrogens with zero attached hydrogens (tertiary/aromatic N) is 3. The van der Waals surface area contributed by atoms with E-state index in [0.717, 1.165) is 25.2 Å². The zero-order valence-electron chi connectivity index (χ0n) is 14.3. The topological polar surface area (TPSA) is 49.6 Å². The summed E-state index contributed by atoms with van der Waals surface area (Å²) in [5.74, 6) is 1.25. The maximum Gasteiger partial charge on any atom is 0.292 e. The molecule has 0 spiro atoms. The predicted octanol–water partition coefficient (Wildman–Crippen LogP) is 2.68. The lowest BCUT2D eigenvalue weighted by Gasteiger charge is -2.24. The Morgan fingerprint density at radius 3 is 2.68 bits per heavy atom. The molecule has 1 aromatic rings. The number of hydrogen-bond donors (Lipinski definition) is 0. The van der Waals surface area contributed by atoms with Crippen LogP contribution in [0.2, 0.25) is 0 Å². The van der Waals surface area contributed by atoms with Crippen LogP contribution in [0, 0.1) is 11.8 Å². The van der Waals surface area contributed by atoms with Crippen LogP contribution >= 0.6 is 0 Å². The van der Waals surface area contributed by atoms with Crippen LogP contribution in [0.3, 0.4) is 0 Å². The van der Waals surface area contributed by atoms with Gasteiger partial charge in [0.15, 0.2) is 0 Å². The van der Waals surface area contributed by atoms with Gasteiger partial charge in [-0.15, -0.1) is 0 Å². The summed E-state index contributed by atoms with van der Waals surface area (Å²) in [6, 6.07) is 1.78. The van der Waals surface area contributed by atoms with Crippen LogP contribution < -0.4 is 0 Å². The van der Waals surface area contributed by atoms with Gasteiger partial charge in [-0.05, 0) is 44.2 Å². The first-order chi connectivity index (χ1) is 10.5. The molecule has 1 aliphatic heterocycles. The molecule has 0 N–H and O–H groups in total. The smallest absolute Gasteiger partial charge is 0.292 e. The van der Waals surface area contributed by atoms with E-state index in [2.05, 4.69) is 30.8 Å². The van der Waals surface area contributed by atoms with Crippen molar-refractivity contribution < 1.29 is 9.32 Å². The molecule has 0 aromatic carbocycles. The molecule has 2 heterocycles. The highest BCUT2D eigenvalue weighted by Crippen LogP contribution is 2.14. The lowest BCUT2D eigenvalue weighted by atomic mass is 10.1. The van der Waals surface area contributed by atoms with Crippen LogP contribution in [-0.2, 0) is 6.42 Å². The number of hydrogen-bond acceptors (Lipinski definition) is 4. The van der Waals surface area contributed by atoms with Gasteiger partial charge in [-0.2, -0.15) is 0 Å². The third-order valence-electron chi connectivity index (χ3n) is 4.09. The van der Waals surface area contributed by atoms with E-state index >= 15 is 0 Å². The first kappa shape index (κ1) is 17.0. The molecule has 0 radical (unpaired) electrons. The third kappa shape index (κ3) is 4.83. The van der Waals surface area contributed by atoms with Gasteiger partial charge >= 0.3 is 0 Å². The van der Waals surface area contributed by atoms with E-state index in [1.54, 1.807) is 11.0 Å². The van der Waals surface area contributed by atoms with Crippen LogP contribution in [0.1, 0.15) is 49.9 Å². The largest absolute Gasteiger partial charge is 0.351 e. The molecule has 0 saturated carbocycles. The molecule has 0 bridgehead atoms. The summed E-state index contributed by atoms with van der Waals surface area (Å²) in [5, 5.41) is 3.99. The molecule has 1 aliphatic rings. The fraction of sp³-hybridized carbons (Fsp3) is 0.765. The van der Waals surface area contributed by atoms with E-state index in [9.17, 15) is 4.79 Å². The first-order valence-corrected chi connectivity index (χ1v) is 8.39. The highest BCUT2D eigenvalue weighted by molar-refractivity contribution is 5.91. The quantitative estimate of drug-likeness (QED) is 0.777. The summed E-state index contributed by atoms with van der Waals surface area (Å²) in [5.41, 5.74) is 0.858. The molecule has 0 unspecified atom stereocenters. The van der Waals surface area contributed by atoms with Gasteiger partial charge in [-0.25, -0.2) is 0 Å². The summed E-state index contributed by atoms with van der Waals surface area (Å²) < 4.78 is 5.21. The summed E-state index contributed by atoms with van der Waals surface area (Å²) in [7, 11) is 1.84. The minimum Gasteiger partial charge on any atom is -0.351 e. The van der Waals surface area contributed by atoms with Crippen molar-refractivity contribution in [2.45, 2.75) is 40.0 Å². The number of carbonyl (C=O) groups is 1. The molecule has 22 heavy (non-hydrogen) atoms. The summed E-state index contributed by atoms with van der Waals surface area (Å²) in [6.45, 7) is 10.7. The van der Waals surface area contributed by atoms with E-state index in [4.69, 9.17) is 4.52 Å². The Morgan fingerprint density at radius 1 is 1.36 bits per heavy atom. The van der Waals surface area contributed by atoms with E-state index in [0.29, 0.717) is 17.6 Å². The van der Waals surface area contributed by atoms with Crippen LogP contribution in [0.25, 0.3) is 0 Å². The maximum absolute atomic E-state index is 12.4. The van der Waals surface area contributed by atoms with Crippen LogP contribution in [0.4, 0.5) is 0 Å². The maximum atomic E-state index is 12.4. The van der Waals surface area contributed by atoms with E-state index in [1.165, 1.54) is 25.9 Å². The molecular formula is C17H29N3O2. The number of rotatable bonds is 7. The van der Waals surface area contributed by atoms with Crippen molar-refractivity contribution in [3.8, 4) is 0 Å². The normalized spacial score (nSPS) is 17.1. The van der Waals surface area contributed by atoms with Crippen molar-refractivity contribution in [1.82, 2.24) is 15.0 Å². The fourth-order valence-corrected chi connectivity index (χ4v) is 3.13. The number of aromatic nitrogens is 1. The van der Waals surface area contributed by atoms with Crippen molar-refractivity contribution in [1.29, 1.82) is 0 Å². The molecule has 1 atom stereocenters. The highest BCUT2D eigenvalue weighted by atomic mass is 16.5. The van der Waals surface area contributed by atoms with E-state index in [1.807, 2.05) is 7.05 Å². The van der Waals surface area contributed by atoms with Crippen molar-refractivity contribution in [2.75, 3.05) is 33.2 Å². The molecule has 1 fully saturated rings. The molecule has 1 aromatic heterocycles. The number of likely N-dealkylation sites (tertiary alicyclic amines) is 1. The lowest BCUT2D eigenvalue weighted by molar-refractivity contribution is 0.0725. The molecule has 1 amide bonds. The Balaban J connectivity index is 1.84. The Morgan fingerprint density at radius 2 is 2.05 bits per heavy atom. The minimum atomic E-state index is -0.0734. The molecule has 124 valence electrons. The van der Waals surface area contributed by atoms with E-state index in [-0.39, 0.29) is 5.91 Å². The van der Waals surface area contributed by atoms with Crippen LogP contribution in [0.5, 0.6) is 0 Å². The van der Waals surface area contributed by atoms with Gasteiger partial charge in [0.1, 0.15) is 0 Å². The average molecular weight is 307 g/mol. The summed E-state index contributed by atoms with van der Waals surface area (Å²) >= 11 is 0. The van der Waals surface area contributed by atoms with Gasteiger partial charge < -0.3 is 14.3 Å². The van der Waals surface area contributed by atoms with Crippen molar-refractivity contribution in [2.24, 2.45) is 11.8 Å². The molecule has 5 nitrogen and oxygen atoms in total. The first-order valence-electron chi connectivity index (χ1n) is 8.39. The second-order valence-electron chi connectivity index (χ2n) is 7.08. The molecule has 0 aliphatic carbocycles. The van der Waals surface area contributed by atoms with E-state index < -0.39 is 0 Å². The zero-order chi connectivity index (χ0) is 16.1. The molecule has 1 saturated heterocycles. The van der Waals surface area contributed by atoms with Gasteiger partial charge in [-0.3, -0.25) is 4.79 Å². The highest BCUT2D eigenvalue weighted by Gasteiger charge is 2.21. The Bertz CT molecular complexity index is 478. The lowest BCUT2D eigenvalue weighted by Crippen LogP contribution is -2.35. The standard InChI is InChI=1S/C17H29N3O2/c1-13(2)9-15-10-16(22-18-15)17(21)19(4)11-14(3)12-20-7-5-6-8-20/h10,13-14H,5-9,11-12H2,1-4H3/t14-/m0/s1. The van der Waals surface area contributed by atoms with Gasteiger partial charge in [0, 0.05) is 26.2 Å².